The van der Waals surface area contributed by atoms with Crippen LogP contribution in [-0.2, 0) is 10.2 Å². The highest BCUT2D eigenvalue weighted by atomic mass is 32.2. The molecular formula is C13H18F2N2O2S. The lowest BCUT2D eigenvalue weighted by Gasteiger charge is -2.33. The van der Waals surface area contributed by atoms with Crippen molar-refractivity contribution < 1.29 is 17.2 Å². The molecule has 0 unspecified atom stereocenters. The fourth-order valence-corrected chi connectivity index (χ4v) is 3.87. The van der Waals surface area contributed by atoms with Crippen molar-refractivity contribution in [2.75, 3.05) is 24.4 Å². The minimum absolute atomic E-state index is 0.113. The van der Waals surface area contributed by atoms with Crippen LogP contribution in [0.5, 0.6) is 0 Å². The number of anilines is 1. The molecule has 1 aromatic rings. The third kappa shape index (κ3) is 2.93. The molecule has 112 valence electrons. The van der Waals surface area contributed by atoms with Crippen LogP contribution in [-0.4, -0.2) is 32.9 Å². The van der Waals surface area contributed by atoms with Crippen LogP contribution < -0.4 is 4.31 Å². The molecule has 0 saturated carbocycles. The molecule has 1 aromatic carbocycles. The first-order valence-corrected chi connectivity index (χ1v) is 7.91. The van der Waals surface area contributed by atoms with Crippen LogP contribution in [0.1, 0.15) is 19.8 Å². The van der Waals surface area contributed by atoms with E-state index < -0.39 is 21.8 Å². The number of hydrogen-bond donors (Lipinski definition) is 0. The van der Waals surface area contributed by atoms with Crippen molar-refractivity contribution in [1.82, 2.24) is 4.31 Å². The molecule has 0 bridgehead atoms. The largest absolute Gasteiger partial charge is 0.303 e. The highest BCUT2D eigenvalue weighted by Crippen LogP contribution is 2.24. The van der Waals surface area contributed by atoms with Crippen molar-refractivity contribution in [3.63, 3.8) is 0 Å². The first-order chi connectivity index (χ1) is 9.32. The maximum atomic E-state index is 13.2. The summed E-state index contributed by atoms with van der Waals surface area (Å²) in [5.74, 6) is -1.75. The van der Waals surface area contributed by atoms with Gasteiger partial charge in [0.15, 0.2) is 11.6 Å². The predicted molar refractivity (Wildman–Crippen MR) is 73.7 cm³/mol. The molecule has 1 atom stereocenters. The summed E-state index contributed by atoms with van der Waals surface area (Å²) in [6, 6.07) is 3.07. The van der Waals surface area contributed by atoms with Gasteiger partial charge in [0.1, 0.15) is 0 Å². The smallest absolute Gasteiger partial charge is 0.261 e. The number of halogens is 2. The number of nitrogens with zero attached hydrogens (tertiary/aromatic N) is 2. The van der Waals surface area contributed by atoms with Gasteiger partial charge in [-0.3, -0.25) is 4.31 Å². The van der Waals surface area contributed by atoms with Gasteiger partial charge >= 0.3 is 10.2 Å². The van der Waals surface area contributed by atoms with E-state index in [0.717, 1.165) is 29.3 Å². The summed E-state index contributed by atoms with van der Waals surface area (Å²) in [6.45, 7) is 2.91. The minimum atomic E-state index is -3.70. The molecular weight excluding hydrogens is 286 g/mol. The van der Waals surface area contributed by atoms with Crippen molar-refractivity contribution in [1.29, 1.82) is 0 Å². The summed E-state index contributed by atoms with van der Waals surface area (Å²) in [7, 11) is -2.35. The van der Waals surface area contributed by atoms with Gasteiger partial charge in [-0.1, -0.05) is 6.92 Å². The van der Waals surface area contributed by atoms with Crippen LogP contribution in [0.4, 0.5) is 14.5 Å². The summed E-state index contributed by atoms with van der Waals surface area (Å²) in [6.07, 6.45) is 1.81. The van der Waals surface area contributed by atoms with Gasteiger partial charge in [-0.2, -0.15) is 12.7 Å². The maximum Gasteiger partial charge on any atom is 0.303 e. The standard InChI is InChI=1S/C13H18F2N2O2S/c1-10-4-3-7-17(9-10)20(18,19)16(2)11-5-6-12(14)13(15)8-11/h5-6,8,10H,3-4,7,9H2,1-2H3/t10-/m0/s1. The molecule has 1 aliphatic heterocycles. The van der Waals surface area contributed by atoms with E-state index in [1.165, 1.54) is 17.4 Å². The quantitative estimate of drug-likeness (QED) is 0.860. The molecule has 0 aliphatic carbocycles. The first-order valence-electron chi connectivity index (χ1n) is 6.51. The van der Waals surface area contributed by atoms with Crippen molar-refractivity contribution in [2.24, 2.45) is 5.92 Å². The summed E-state index contributed by atoms with van der Waals surface area (Å²) >= 11 is 0. The predicted octanol–water partition coefficient (Wildman–Crippen LogP) is 2.38. The zero-order valence-corrected chi connectivity index (χ0v) is 12.3. The Hall–Kier alpha value is -1.21. The third-order valence-corrected chi connectivity index (χ3v) is 5.45. The number of hydrogen-bond acceptors (Lipinski definition) is 2. The number of piperidine rings is 1. The minimum Gasteiger partial charge on any atom is -0.261 e. The monoisotopic (exact) mass is 304 g/mol. The average Bonchev–Trinajstić information content (AvgIpc) is 2.41. The van der Waals surface area contributed by atoms with Gasteiger partial charge in [-0.15, -0.1) is 0 Å². The van der Waals surface area contributed by atoms with Gasteiger partial charge in [-0.25, -0.2) is 8.78 Å². The van der Waals surface area contributed by atoms with Crippen molar-refractivity contribution in [3.05, 3.63) is 29.8 Å². The van der Waals surface area contributed by atoms with Crippen molar-refractivity contribution in [3.8, 4) is 0 Å². The molecule has 1 fully saturated rings. The molecule has 20 heavy (non-hydrogen) atoms. The Balaban J connectivity index is 2.26. The fourth-order valence-electron chi connectivity index (χ4n) is 2.34. The van der Waals surface area contributed by atoms with Gasteiger partial charge in [0, 0.05) is 26.2 Å². The molecule has 0 N–H and O–H groups in total. The van der Waals surface area contributed by atoms with Gasteiger partial charge < -0.3 is 0 Å². The second-order valence-corrected chi connectivity index (χ2v) is 7.14. The van der Waals surface area contributed by atoms with E-state index in [1.54, 1.807) is 0 Å². The second-order valence-electron chi connectivity index (χ2n) is 5.18. The van der Waals surface area contributed by atoms with E-state index in [1.807, 2.05) is 6.92 Å². The van der Waals surface area contributed by atoms with Crippen molar-refractivity contribution in [2.45, 2.75) is 19.8 Å². The Kier molecular flexibility index (Phi) is 4.29. The molecule has 0 amide bonds. The van der Waals surface area contributed by atoms with Gasteiger partial charge in [0.25, 0.3) is 0 Å². The van der Waals surface area contributed by atoms with Crippen LogP contribution in [0.3, 0.4) is 0 Å². The Bertz CT molecular complexity index is 592. The molecule has 7 heteroatoms. The highest BCUT2D eigenvalue weighted by molar-refractivity contribution is 7.90. The van der Waals surface area contributed by atoms with Gasteiger partial charge in [0.2, 0.25) is 0 Å². The number of rotatable bonds is 3. The zero-order chi connectivity index (χ0) is 14.9. The van der Waals surface area contributed by atoms with Crippen LogP contribution in [0, 0.1) is 17.6 Å². The summed E-state index contributed by atoms with van der Waals surface area (Å²) in [4.78, 5) is 0. The normalized spacial score (nSPS) is 20.9. The Labute approximate surface area is 118 Å². The third-order valence-electron chi connectivity index (χ3n) is 3.56. The Morgan fingerprint density at radius 3 is 2.60 bits per heavy atom. The Morgan fingerprint density at radius 2 is 2.00 bits per heavy atom. The highest BCUT2D eigenvalue weighted by Gasteiger charge is 2.31. The van der Waals surface area contributed by atoms with Crippen LogP contribution in [0.25, 0.3) is 0 Å². The maximum absolute atomic E-state index is 13.2. The Morgan fingerprint density at radius 1 is 1.30 bits per heavy atom. The SMILES string of the molecule is C[C@H]1CCCN(S(=O)(=O)N(C)c2ccc(F)c(F)c2)C1. The lowest BCUT2D eigenvalue weighted by atomic mass is 10.0. The van der Waals surface area contributed by atoms with Gasteiger partial charge in [-0.05, 0) is 30.9 Å². The van der Waals surface area contributed by atoms with Crippen LogP contribution >= 0.6 is 0 Å². The summed E-state index contributed by atoms with van der Waals surface area (Å²) in [5.41, 5.74) is 0.113. The number of benzene rings is 1. The average molecular weight is 304 g/mol. The fraction of sp³-hybridized carbons (Fsp3) is 0.538. The van der Waals surface area contributed by atoms with E-state index >= 15 is 0 Å². The van der Waals surface area contributed by atoms with Crippen LogP contribution in [0.15, 0.2) is 18.2 Å². The second kappa shape index (κ2) is 5.65. The van der Waals surface area contributed by atoms with Gasteiger partial charge in [0.05, 0.1) is 5.69 Å². The zero-order valence-electron chi connectivity index (χ0n) is 11.5. The molecule has 1 heterocycles. The van der Waals surface area contributed by atoms with Crippen LogP contribution in [0.2, 0.25) is 0 Å². The van der Waals surface area contributed by atoms with E-state index in [4.69, 9.17) is 0 Å². The summed E-state index contributed by atoms with van der Waals surface area (Å²) in [5, 5.41) is 0. The molecule has 0 aromatic heterocycles. The molecule has 2 rings (SSSR count). The topological polar surface area (TPSA) is 40.6 Å². The lowest BCUT2D eigenvalue weighted by molar-refractivity contribution is 0.281. The van der Waals surface area contributed by atoms with Crippen molar-refractivity contribution >= 4 is 15.9 Å². The van der Waals surface area contributed by atoms with E-state index in [9.17, 15) is 17.2 Å². The lowest BCUT2D eigenvalue weighted by Crippen LogP contribution is -2.46. The van der Waals surface area contributed by atoms with E-state index in [0.29, 0.717) is 19.0 Å². The molecule has 0 radical (unpaired) electrons. The molecule has 1 saturated heterocycles. The molecule has 1 aliphatic rings. The summed E-state index contributed by atoms with van der Waals surface area (Å²) < 4.78 is 53.4. The molecule has 4 nitrogen and oxygen atoms in total. The van der Waals surface area contributed by atoms with E-state index in [2.05, 4.69) is 0 Å². The van der Waals surface area contributed by atoms with E-state index in [-0.39, 0.29) is 5.69 Å². The first kappa shape index (κ1) is 15.2. The molecule has 0 spiro atoms.